The van der Waals surface area contributed by atoms with E-state index in [2.05, 4.69) is 4.74 Å². The SMILES string of the molecule is OC1(O)CCCO1.OCCCCO. The van der Waals surface area contributed by atoms with E-state index in [-0.39, 0.29) is 13.2 Å². The second kappa shape index (κ2) is 7.23. The minimum atomic E-state index is -1.81. The van der Waals surface area contributed by atoms with Crippen molar-refractivity contribution in [1.29, 1.82) is 0 Å². The van der Waals surface area contributed by atoms with Crippen molar-refractivity contribution in [2.24, 2.45) is 0 Å². The van der Waals surface area contributed by atoms with Crippen molar-refractivity contribution < 1.29 is 25.2 Å². The number of ether oxygens (including phenoxy) is 1. The maximum atomic E-state index is 8.53. The minimum absolute atomic E-state index is 0.195. The summed E-state index contributed by atoms with van der Waals surface area (Å²) in [5.74, 6) is -1.81. The summed E-state index contributed by atoms with van der Waals surface area (Å²) in [6, 6.07) is 0. The highest BCUT2D eigenvalue weighted by molar-refractivity contribution is 4.57. The van der Waals surface area contributed by atoms with Crippen LogP contribution in [0.3, 0.4) is 0 Å². The summed E-state index contributed by atoms with van der Waals surface area (Å²) >= 11 is 0. The van der Waals surface area contributed by atoms with Crippen LogP contribution < -0.4 is 0 Å². The molecular weight excluding hydrogens is 176 g/mol. The molecule has 0 aromatic heterocycles. The molecule has 0 unspecified atom stereocenters. The fraction of sp³-hybridized carbons (Fsp3) is 1.00. The zero-order chi connectivity index (χ0) is 10.2. The highest BCUT2D eigenvalue weighted by Gasteiger charge is 2.28. The standard InChI is InChI=1S/C4H8O3.C4H10O2/c5-4(6)2-1-3-7-4;5-3-1-2-4-6/h5-6H,1-3H2;5-6H,1-4H2. The molecule has 0 bridgehead atoms. The van der Waals surface area contributed by atoms with Crippen LogP contribution in [0.25, 0.3) is 0 Å². The van der Waals surface area contributed by atoms with Crippen LogP contribution in [0.15, 0.2) is 0 Å². The van der Waals surface area contributed by atoms with Crippen LogP contribution in [0.1, 0.15) is 25.7 Å². The fourth-order valence-corrected chi connectivity index (χ4v) is 0.834. The summed E-state index contributed by atoms with van der Waals surface area (Å²) in [6.07, 6.45) is 2.52. The Balaban J connectivity index is 0.000000226. The molecule has 4 N–H and O–H groups in total. The van der Waals surface area contributed by atoms with Crippen LogP contribution in [-0.2, 0) is 4.74 Å². The van der Waals surface area contributed by atoms with Gasteiger partial charge in [0.2, 0.25) is 0 Å². The summed E-state index contributed by atoms with van der Waals surface area (Å²) in [7, 11) is 0. The third kappa shape index (κ3) is 8.14. The van der Waals surface area contributed by atoms with Crippen LogP contribution in [0.5, 0.6) is 0 Å². The van der Waals surface area contributed by atoms with Crippen molar-refractivity contribution in [3.63, 3.8) is 0 Å². The van der Waals surface area contributed by atoms with E-state index in [0.29, 0.717) is 13.0 Å². The number of aliphatic hydroxyl groups is 4. The van der Waals surface area contributed by atoms with Crippen LogP contribution in [0, 0.1) is 0 Å². The molecule has 1 heterocycles. The molecule has 1 rings (SSSR count). The van der Waals surface area contributed by atoms with Gasteiger partial charge in [-0.1, -0.05) is 0 Å². The van der Waals surface area contributed by atoms with Crippen molar-refractivity contribution in [3.8, 4) is 0 Å². The molecule has 1 aliphatic heterocycles. The highest BCUT2D eigenvalue weighted by atomic mass is 16.8. The Hall–Kier alpha value is -0.200. The number of hydrogen-bond acceptors (Lipinski definition) is 5. The fourth-order valence-electron chi connectivity index (χ4n) is 0.834. The summed E-state index contributed by atoms with van der Waals surface area (Å²) in [5.41, 5.74) is 0. The van der Waals surface area contributed by atoms with E-state index in [1.165, 1.54) is 0 Å². The second-order valence-corrected chi connectivity index (χ2v) is 2.85. The number of hydrogen-bond donors (Lipinski definition) is 4. The van der Waals surface area contributed by atoms with Crippen molar-refractivity contribution >= 4 is 0 Å². The lowest BCUT2D eigenvalue weighted by Gasteiger charge is -2.10. The van der Waals surface area contributed by atoms with Crippen LogP contribution in [0.2, 0.25) is 0 Å². The molecule has 0 saturated carbocycles. The Morgan fingerprint density at radius 3 is 1.77 bits per heavy atom. The average Bonchev–Trinajstić information content (AvgIpc) is 2.47. The van der Waals surface area contributed by atoms with Gasteiger partial charge in [0, 0.05) is 19.6 Å². The van der Waals surface area contributed by atoms with Crippen molar-refractivity contribution in [2.75, 3.05) is 19.8 Å². The maximum absolute atomic E-state index is 8.53. The second-order valence-electron chi connectivity index (χ2n) is 2.85. The number of aliphatic hydroxyl groups excluding tert-OH is 2. The molecule has 1 saturated heterocycles. The van der Waals surface area contributed by atoms with E-state index in [1.54, 1.807) is 0 Å². The Morgan fingerprint density at radius 1 is 1.08 bits per heavy atom. The normalized spacial score (nSPS) is 19.4. The molecule has 0 atom stereocenters. The zero-order valence-electron chi connectivity index (χ0n) is 7.65. The van der Waals surface area contributed by atoms with Gasteiger partial charge in [-0.2, -0.15) is 0 Å². The van der Waals surface area contributed by atoms with Gasteiger partial charge in [0.15, 0.2) is 0 Å². The molecule has 1 fully saturated rings. The predicted molar refractivity (Wildman–Crippen MR) is 45.8 cm³/mol. The van der Waals surface area contributed by atoms with E-state index >= 15 is 0 Å². The van der Waals surface area contributed by atoms with Gasteiger partial charge in [0.05, 0.1) is 6.61 Å². The monoisotopic (exact) mass is 194 g/mol. The molecular formula is C8H18O5. The van der Waals surface area contributed by atoms with Gasteiger partial charge in [-0.15, -0.1) is 0 Å². The molecule has 5 nitrogen and oxygen atoms in total. The minimum Gasteiger partial charge on any atom is -0.396 e. The molecule has 0 aromatic carbocycles. The Bertz CT molecular complexity index is 103. The first-order chi connectivity index (χ1) is 6.12. The summed E-state index contributed by atoms with van der Waals surface area (Å²) < 4.78 is 4.45. The van der Waals surface area contributed by atoms with Gasteiger partial charge in [-0.25, -0.2) is 0 Å². The molecule has 0 amide bonds. The van der Waals surface area contributed by atoms with E-state index in [4.69, 9.17) is 20.4 Å². The van der Waals surface area contributed by atoms with Gasteiger partial charge in [0.1, 0.15) is 0 Å². The molecule has 0 radical (unpaired) electrons. The maximum Gasteiger partial charge on any atom is 0.277 e. The zero-order valence-corrected chi connectivity index (χ0v) is 7.65. The van der Waals surface area contributed by atoms with E-state index in [1.807, 2.05) is 0 Å². The molecule has 1 aliphatic rings. The number of unbranched alkanes of at least 4 members (excludes halogenated alkanes) is 1. The van der Waals surface area contributed by atoms with Crippen molar-refractivity contribution in [3.05, 3.63) is 0 Å². The van der Waals surface area contributed by atoms with Crippen LogP contribution in [-0.4, -0.2) is 46.2 Å². The average molecular weight is 194 g/mol. The Kier molecular flexibility index (Phi) is 7.12. The first kappa shape index (κ1) is 12.8. The van der Waals surface area contributed by atoms with Gasteiger partial charge in [-0.3, -0.25) is 0 Å². The van der Waals surface area contributed by atoms with Gasteiger partial charge in [0.25, 0.3) is 5.97 Å². The lowest BCUT2D eigenvalue weighted by atomic mass is 10.3. The summed E-state index contributed by atoms with van der Waals surface area (Å²) in [5, 5.41) is 33.2. The van der Waals surface area contributed by atoms with E-state index in [9.17, 15) is 0 Å². The van der Waals surface area contributed by atoms with Crippen LogP contribution >= 0.6 is 0 Å². The predicted octanol–water partition coefficient (Wildman–Crippen LogP) is -0.814. The quantitative estimate of drug-likeness (QED) is 0.348. The Morgan fingerprint density at radius 2 is 1.62 bits per heavy atom. The molecule has 0 spiro atoms. The van der Waals surface area contributed by atoms with Gasteiger partial charge in [-0.05, 0) is 19.3 Å². The topological polar surface area (TPSA) is 90.2 Å². The third-order valence-corrected chi connectivity index (χ3v) is 1.55. The van der Waals surface area contributed by atoms with E-state index in [0.717, 1.165) is 19.3 Å². The molecule has 80 valence electrons. The lowest BCUT2D eigenvalue weighted by Crippen LogP contribution is -2.25. The molecule has 13 heavy (non-hydrogen) atoms. The molecule has 5 heteroatoms. The van der Waals surface area contributed by atoms with Crippen molar-refractivity contribution in [1.82, 2.24) is 0 Å². The Labute approximate surface area is 77.6 Å². The first-order valence-electron chi connectivity index (χ1n) is 4.43. The van der Waals surface area contributed by atoms with Gasteiger partial charge < -0.3 is 25.2 Å². The largest absolute Gasteiger partial charge is 0.396 e. The highest BCUT2D eigenvalue weighted by Crippen LogP contribution is 2.17. The smallest absolute Gasteiger partial charge is 0.277 e. The molecule has 0 aromatic rings. The van der Waals surface area contributed by atoms with Crippen LogP contribution in [0.4, 0.5) is 0 Å². The van der Waals surface area contributed by atoms with Crippen molar-refractivity contribution in [2.45, 2.75) is 31.7 Å². The van der Waals surface area contributed by atoms with Gasteiger partial charge >= 0.3 is 0 Å². The lowest BCUT2D eigenvalue weighted by molar-refractivity contribution is -0.313. The summed E-state index contributed by atoms with van der Waals surface area (Å²) in [4.78, 5) is 0. The number of rotatable bonds is 3. The van der Waals surface area contributed by atoms with E-state index < -0.39 is 5.97 Å². The third-order valence-electron chi connectivity index (χ3n) is 1.55. The summed E-state index contributed by atoms with van der Waals surface area (Å²) in [6.45, 7) is 0.855. The molecule has 0 aliphatic carbocycles. The first-order valence-corrected chi connectivity index (χ1v) is 4.43.